The lowest BCUT2D eigenvalue weighted by Gasteiger charge is -2.11. The Morgan fingerprint density at radius 3 is 2.65 bits per heavy atom. The number of hydrogen-bond donors (Lipinski definition) is 3. The summed E-state index contributed by atoms with van der Waals surface area (Å²) in [7, 11) is -3.60. The first-order valence-corrected chi connectivity index (χ1v) is 6.59. The van der Waals surface area contributed by atoms with Gasteiger partial charge in [0.05, 0.1) is 11.8 Å². The summed E-state index contributed by atoms with van der Waals surface area (Å²) in [6, 6.07) is 5.60. The smallest absolute Gasteiger partial charge is 0.235 e. The number of nitrogens with two attached hydrogens (primary N) is 2. The van der Waals surface area contributed by atoms with Crippen LogP contribution in [0, 0.1) is 0 Å². The molecule has 1 unspecified atom stereocenters. The molecule has 1 aromatic rings. The second-order valence-electron chi connectivity index (χ2n) is 3.75. The molecule has 6 nitrogen and oxygen atoms in total. The van der Waals surface area contributed by atoms with Gasteiger partial charge in [0.1, 0.15) is 0 Å². The molecule has 1 atom stereocenters. The van der Waals surface area contributed by atoms with Crippen LogP contribution in [-0.2, 0) is 20.6 Å². The minimum absolute atomic E-state index is 0.240. The van der Waals surface area contributed by atoms with Crippen LogP contribution >= 0.6 is 0 Å². The minimum Gasteiger partial charge on any atom is -0.399 e. The summed E-state index contributed by atoms with van der Waals surface area (Å²) in [4.78, 5) is 10.8. The Labute approximate surface area is 100 Å². The summed E-state index contributed by atoms with van der Waals surface area (Å²) in [5, 5.41) is 0. The van der Waals surface area contributed by atoms with E-state index in [2.05, 4.69) is 4.72 Å². The van der Waals surface area contributed by atoms with Crippen LogP contribution in [0.4, 0.5) is 5.69 Å². The molecule has 0 heterocycles. The van der Waals surface area contributed by atoms with Crippen LogP contribution in [0.2, 0.25) is 0 Å². The first-order chi connectivity index (χ1) is 7.80. The average Bonchev–Trinajstić information content (AvgIpc) is 2.15. The zero-order chi connectivity index (χ0) is 13.1. The number of carbonyl (C=O) groups excluding carboxylic acids is 1. The van der Waals surface area contributed by atoms with E-state index in [1.54, 1.807) is 24.3 Å². The number of benzene rings is 1. The molecule has 0 saturated heterocycles. The molecule has 0 bridgehead atoms. The summed E-state index contributed by atoms with van der Waals surface area (Å²) in [6.07, 6.45) is 0. The van der Waals surface area contributed by atoms with Gasteiger partial charge in [0.2, 0.25) is 15.9 Å². The number of primary amides is 1. The van der Waals surface area contributed by atoms with E-state index in [1.807, 2.05) is 0 Å². The number of carbonyl (C=O) groups is 1. The van der Waals surface area contributed by atoms with Gasteiger partial charge in [-0.3, -0.25) is 4.79 Å². The Hall–Kier alpha value is -1.60. The van der Waals surface area contributed by atoms with Crippen molar-refractivity contribution < 1.29 is 13.2 Å². The Bertz CT molecular complexity index is 513. The van der Waals surface area contributed by atoms with Crippen LogP contribution in [0.3, 0.4) is 0 Å². The van der Waals surface area contributed by atoms with Crippen molar-refractivity contribution in [1.82, 2.24) is 4.72 Å². The predicted molar refractivity (Wildman–Crippen MR) is 65.3 cm³/mol. The number of nitrogens with one attached hydrogen (secondary N) is 1. The highest BCUT2D eigenvalue weighted by Gasteiger charge is 2.18. The van der Waals surface area contributed by atoms with Crippen molar-refractivity contribution in [1.29, 1.82) is 0 Å². The molecule has 0 aliphatic carbocycles. The van der Waals surface area contributed by atoms with Gasteiger partial charge >= 0.3 is 0 Å². The van der Waals surface area contributed by atoms with E-state index in [1.165, 1.54) is 6.92 Å². The van der Waals surface area contributed by atoms with Crippen molar-refractivity contribution in [3.63, 3.8) is 0 Å². The van der Waals surface area contributed by atoms with E-state index in [9.17, 15) is 13.2 Å². The molecule has 5 N–H and O–H groups in total. The van der Waals surface area contributed by atoms with Crippen molar-refractivity contribution >= 4 is 21.6 Å². The van der Waals surface area contributed by atoms with Crippen molar-refractivity contribution in [2.45, 2.75) is 18.7 Å². The molecule has 94 valence electrons. The molecule has 0 saturated carbocycles. The van der Waals surface area contributed by atoms with Gasteiger partial charge in [0, 0.05) is 5.69 Å². The van der Waals surface area contributed by atoms with Gasteiger partial charge < -0.3 is 11.5 Å². The SMILES string of the molecule is CC(NS(=O)(=O)Cc1cccc(N)c1)C(N)=O. The third kappa shape index (κ3) is 4.41. The van der Waals surface area contributed by atoms with Crippen molar-refractivity contribution in [3.05, 3.63) is 29.8 Å². The lowest BCUT2D eigenvalue weighted by atomic mass is 10.2. The molecular weight excluding hydrogens is 242 g/mol. The Balaban J connectivity index is 2.77. The fourth-order valence-electron chi connectivity index (χ4n) is 1.27. The number of hydrogen-bond acceptors (Lipinski definition) is 4. The summed E-state index contributed by atoms with van der Waals surface area (Å²) < 4.78 is 25.5. The molecule has 0 aliphatic heterocycles. The Morgan fingerprint density at radius 1 is 1.47 bits per heavy atom. The summed E-state index contributed by atoms with van der Waals surface area (Å²) >= 11 is 0. The lowest BCUT2D eigenvalue weighted by molar-refractivity contribution is -0.119. The highest BCUT2D eigenvalue weighted by Crippen LogP contribution is 2.09. The molecule has 1 amide bonds. The molecule has 0 aliphatic rings. The van der Waals surface area contributed by atoms with E-state index in [0.29, 0.717) is 11.3 Å². The van der Waals surface area contributed by atoms with Gasteiger partial charge in [0.15, 0.2) is 0 Å². The summed E-state index contributed by atoms with van der Waals surface area (Å²) in [6.45, 7) is 1.39. The molecular formula is C10H15N3O3S. The monoisotopic (exact) mass is 257 g/mol. The standard InChI is InChI=1S/C10H15N3O3S/c1-7(10(12)14)13-17(15,16)6-8-3-2-4-9(11)5-8/h2-5,7,13H,6,11H2,1H3,(H2,12,14). The van der Waals surface area contributed by atoms with Crippen LogP contribution in [0.5, 0.6) is 0 Å². The first kappa shape index (κ1) is 13.5. The zero-order valence-corrected chi connectivity index (χ0v) is 10.2. The van der Waals surface area contributed by atoms with Gasteiger partial charge in [-0.2, -0.15) is 0 Å². The van der Waals surface area contributed by atoms with Crippen LogP contribution < -0.4 is 16.2 Å². The highest BCUT2D eigenvalue weighted by molar-refractivity contribution is 7.88. The number of rotatable bonds is 5. The molecule has 0 fully saturated rings. The molecule has 1 rings (SSSR count). The summed E-state index contributed by atoms with van der Waals surface area (Å²) in [5.74, 6) is -0.962. The Kier molecular flexibility index (Phi) is 4.08. The number of nitrogen functional groups attached to an aromatic ring is 1. The number of amides is 1. The second-order valence-corrected chi connectivity index (χ2v) is 5.50. The van der Waals surface area contributed by atoms with Crippen LogP contribution in [-0.4, -0.2) is 20.4 Å². The Morgan fingerprint density at radius 2 is 2.12 bits per heavy atom. The van der Waals surface area contributed by atoms with E-state index >= 15 is 0 Å². The molecule has 1 aromatic carbocycles. The average molecular weight is 257 g/mol. The maximum atomic E-state index is 11.7. The van der Waals surface area contributed by atoms with Gasteiger partial charge in [-0.05, 0) is 24.6 Å². The van der Waals surface area contributed by atoms with Crippen LogP contribution in [0.15, 0.2) is 24.3 Å². The number of anilines is 1. The van der Waals surface area contributed by atoms with E-state index in [-0.39, 0.29) is 5.75 Å². The molecule has 0 spiro atoms. The minimum atomic E-state index is -3.60. The normalized spacial score (nSPS) is 13.2. The fourth-order valence-corrected chi connectivity index (χ4v) is 2.63. The largest absolute Gasteiger partial charge is 0.399 e. The third-order valence-electron chi connectivity index (χ3n) is 2.09. The zero-order valence-electron chi connectivity index (χ0n) is 9.38. The van der Waals surface area contributed by atoms with Crippen LogP contribution in [0.1, 0.15) is 12.5 Å². The second kappa shape index (κ2) is 5.15. The van der Waals surface area contributed by atoms with Gasteiger partial charge in [-0.15, -0.1) is 0 Å². The van der Waals surface area contributed by atoms with Crippen molar-refractivity contribution in [2.24, 2.45) is 5.73 Å². The maximum Gasteiger partial charge on any atom is 0.235 e. The quantitative estimate of drug-likeness (QED) is 0.620. The predicted octanol–water partition coefficient (Wildman–Crippen LogP) is -0.438. The van der Waals surface area contributed by atoms with E-state index in [0.717, 1.165) is 0 Å². The lowest BCUT2D eigenvalue weighted by Crippen LogP contribution is -2.42. The van der Waals surface area contributed by atoms with Crippen molar-refractivity contribution in [2.75, 3.05) is 5.73 Å². The highest BCUT2D eigenvalue weighted by atomic mass is 32.2. The van der Waals surface area contributed by atoms with Gasteiger partial charge in [-0.1, -0.05) is 12.1 Å². The number of sulfonamides is 1. The molecule has 7 heteroatoms. The topological polar surface area (TPSA) is 115 Å². The van der Waals surface area contributed by atoms with E-state index < -0.39 is 22.0 Å². The molecule has 17 heavy (non-hydrogen) atoms. The van der Waals surface area contributed by atoms with E-state index in [4.69, 9.17) is 11.5 Å². The third-order valence-corrected chi connectivity index (χ3v) is 3.52. The first-order valence-electron chi connectivity index (χ1n) is 4.94. The van der Waals surface area contributed by atoms with Gasteiger partial charge in [-0.25, -0.2) is 13.1 Å². The van der Waals surface area contributed by atoms with Gasteiger partial charge in [0.25, 0.3) is 0 Å². The fraction of sp³-hybridized carbons (Fsp3) is 0.300. The van der Waals surface area contributed by atoms with Crippen molar-refractivity contribution in [3.8, 4) is 0 Å². The van der Waals surface area contributed by atoms with Crippen LogP contribution in [0.25, 0.3) is 0 Å². The maximum absolute atomic E-state index is 11.7. The molecule has 0 radical (unpaired) electrons. The summed E-state index contributed by atoms with van der Waals surface area (Å²) in [5.41, 5.74) is 11.5. The molecule has 0 aromatic heterocycles.